The highest BCUT2D eigenvalue weighted by molar-refractivity contribution is 5.39. The van der Waals surface area contributed by atoms with E-state index in [2.05, 4.69) is 13.8 Å². The molecule has 0 unspecified atom stereocenters. The third-order valence-corrected chi connectivity index (χ3v) is 3.27. The predicted molar refractivity (Wildman–Crippen MR) is 63.3 cm³/mol. The Labute approximate surface area is 96.6 Å². The molecular weight excluding hydrogens is 203 g/mol. The van der Waals surface area contributed by atoms with Crippen LogP contribution in [0.3, 0.4) is 0 Å². The standard InChI is InChI=1S/C14H19FO/c1-3-7-14(8-4-2)10-11-9-12(15)5-6-13(11)16-14/h5-6,9H,3-4,7-8,10H2,1-2H3. The van der Waals surface area contributed by atoms with Crippen LogP contribution in [-0.4, -0.2) is 5.60 Å². The summed E-state index contributed by atoms with van der Waals surface area (Å²) in [4.78, 5) is 0. The molecule has 0 radical (unpaired) electrons. The normalized spacial score (nSPS) is 16.9. The molecule has 0 atom stereocenters. The topological polar surface area (TPSA) is 9.23 Å². The van der Waals surface area contributed by atoms with Gasteiger partial charge >= 0.3 is 0 Å². The molecule has 2 rings (SSSR count). The number of hydrogen-bond acceptors (Lipinski definition) is 1. The maximum atomic E-state index is 13.1. The zero-order valence-corrected chi connectivity index (χ0v) is 10.1. The number of halogens is 1. The number of benzene rings is 1. The molecule has 0 saturated heterocycles. The van der Waals surface area contributed by atoms with Crippen LogP contribution in [-0.2, 0) is 6.42 Å². The largest absolute Gasteiger partial charge is 0.487 e. The van der Waals surface area contributed by atoms with Gasteiger partial charge in [-0.25, -0.2) is 4.39 Å². The van der Waals surface area contributed by atoms with E-state index in [-0.39, 0.29) is 11.4 Å². The SMILES string of the molecule is CCCC1(CCC)Cc2cc(F)ccc2O1. The van der Waals surface area contributed by atoms with Crippen molar-refractivity contribution in [3.8, 4) is 5.75 Å². The van der Waals surface area contributed by atoms with Crippen molar-refractivity contribution in [3.05, 3.63) is 29.6 Å². The molecule has 1 aliphatic rings. The lowest BCUT2D eigenvalue weighted by Crippen LogP contribution is -2.33. The monoisotopic (exact) mass is 222 g/mol. The van der Waals surface area contributed by atoms with E-state index >= 15 is 0 Å². The first kappa shape index (κ1) is 11.4. The summed E-state index contributed by atoms with van der Waals surface area (Å²) in [5.41, 5.74) is 0.960. The Balaban J connectivity index is 2.23. The van der Waals surface area contributed by atoms with Gasteiger partial charge in [0.1, 0.15) is 17.2 Å². The van der Waals surface area contributed by atoms with E-state index in [0.29, 0.717) is 0 Å². The van der Waals surface area contributed by atoms with Gasteiger partial charge in [0.15, 0.2) is 0 Å². The minimum absolute atomic E-state index is 0.0698. The summed E-state index contributed by atoms with van der Waals surface area (Å²) in [7, 11) is 0. The van der Waals surface area contributed by atoms with Crippen molar-refractivity contribution in [3.63, 3.8) is 0 Å². The maximum Gasteiger partial charge on any atom is 0.123 e. The smallest absolute Gasteiger partial charge is 0.123 e. The van der Waals surface area contributed by atoms with Crippen molar-refractivity contribution in [2.75, 3.05) is 0 Å². The van der Waals surface area contributed by atoms with Crippen LogP contribution in [0.2, 0.25) is 0 Å². The maximum absolute atomic E-state index is 13.1. The summed E-state index contributed by atoms with van der Waals surface area (Å²) in [6, 6.07) is 4.85. The van der Waals surface area contributed by atoms with Gasteiger partial charge in [-0.2, -0.15) is 0 Å². The molecular formula is C14H19FO. The van der Waals surface area contributed by atoms with Crippen molar-refractivity contribution in [2.24, 2.45) is 0 Å². The second-order valence-corrected chi connectivity index (χ2v) is 4.71. The van der Waals surface area contributed by atoms with E-state index < -0.39 is 0 Å². The minimum atomic E-state index is -0.161. The Morgan fingerprint density at radius 1 is 1.25 bits per heavy atom. The lowest BCUT2D eigenvalue weighted by Gasteiger charge is -2.28. The van der Waals surface area contributed by atoms with E-state index in [1.165, 1.54) is 6.07 Å². The van der Waals surface area contributed by atoms with Gasteiger partial charge in [-0.05, 0) is 31.0 Å². The molecule has 0 amide bonds. The quantitative estimate of drug-likeness (QED) is 0.745. The van der Waals surface area contributed by atoms with Crippen LogP contribution in [0.1, 0.15) is 45.1 Å². The molecule has 0 saturated carbocycles. The van der Waals surface area contributed by atoms with Gasteiger partial charge in [0, 0.05) is 12.0 Å². The average Bonchev–Trinajstić information content (AvgIpc) is 2.56. The fourth-order valence-electron chi connectivity index (χ4n) is 2.72. The first-order valence-electron chi connectivity index (χ1n) is 6.16. The molecule has 2 heteroatoms. The zero-order valence-electron chi connectivity index (χ0n) is 10.1. The lowest BCUT2D eigenvalue weighted by molar-refractivity contribution is 0.0730. The first-order chi connectivity index (χ1) is 7.69. The van der Waals surface area contributed by atoms with Crippen molar-refractivity contribution < 1.29 is 9.13 Å². The van der Waals surface area contributed by atoms with Crippen molar-refractivity contribution in [1.29, 1.82) is 0 Å². The molecule has 0 N–H and O–H groups in total. The van der Waals surface area contributed by atoms with Gasteiger partial charge in [-0.1, -0.05) is 26.7 Å². The van der Waals surface area contributed by atoms with Gasteiger partial charge in [0.25, 0.3) is 0 Å². The van der Waals surface area contributed by atoms with Crippen LogP contribution in [0, 0.1) is 5.82 Å². The van der Waals surface area contributed by atoms with Crippen molar-refractivity contribution in [2.45, 2.75) is 51.6 Å². The number of hydrogen-bond donors (Lipinski definition) is 0. The number of rotatable bonds is 4. The van der Waals surface area contributed by atoms with E-state index in [0.717, 1.165) is 43.4 Å². The molecule has 1 aromatic rings. The molecule has 0 aromatic heterocycles. The van der Waals surface area contributed by atoms with Crippen LogP contribution in [0.25, 0.3) is 0 Å². The van der Waals surface area contributed by atoms with E-state index in [1.54, 1.807) is 12.1 Å². The lowest BCUT2D eigenvalue weighted by atomic mass is 9.88. The molecule has 1 aromatic carbocycles. The second kappa shape index (κ2) is 4.44. The molecule has 16 heavy (non-hydrogen) atoms. The molecule has 1 nitrogen and oxygen atoms in total. The average molecular weight is 222 g/mol. The fourth-order valence-corrected chi connectivity index (χ4v) is 2.72. The zero-order chi connectivity index (χ0) is 11.6. The van der Waals surface area contributed by atoms with E-state index in [4.69, 9.17) is 4.74 Å². The second-order valence-electron chi connectivity index (χ2n) is 4.71. The Bertz CT molecular complexity index is 367. The Hall–Kier alpha value is -1.05. The summed E-state index contributed by atoms with van der Waals surface area (Å²) < 4.78 is 19.2. The number of ether oxygens (including phenoxy) is 1. The molecule has 88 valence electrons. The summed E-state index contributed by atoms with van der Waals surface area (Å²) in [6.45, 7) is 4.34. The molecule has 1 aliphatic heterocycles. The van der Waals surface area contributed by atoms with Crippen molar-refractivity contribution >= 4 is 0 Å². The molecule has 1 heterocycles. The van der Waals surface area contributed by atoms with Crippen LogP contribution < -0.4 is 4.74 Å². The Kier molecular flexibility index (Phi) is 3.17. The highest BCUT2D eigenvalue weighted by Crippen LogP contribution is 2.40. The van der Waals surface area contributed by atoms with Gasteiger partial charge in [-0.15, -0.1) is 0 Å². The highest BCUT2D eigenvalue weighted by Gasteiger charge is 2.37. The van der Waals surface area contributed by atoms with Gasteiger partial charge in [-0.3, -0.25) is 0 Å². The highest BCUT2D eigenvalue weighted by atomic mass is 19.1. The van der Waals surface area contributed by atoms with Crippen molar-refractivity contribution in [1.82, 2.24) is 0 Å². The van der Waals surface area contributed by atoms with Gasteiger partial charge in [0.05, 0.1) is 0 Å². The van der Waals surface area contributed by atoms with Crippen LogP contribution in [0.15, 0.2) is 18.2 Å². The number of fused-ring (bicyclic) bond motifs is 1. The van der Waals surface area contributed by atoms with Gasteiger partial charge in [0.2, 0.25) is 0 Å². The third kappa shape index (κ3) is 2.06. The predicted octanol–water partition coefficient (Wildman–Crippen LogP) is 4.10. The van der Waals surface area contributed by atoms with Crippen LogP contribution in [0.5, 0.6) is 5.75 Å². The Morgan fingerprint density at radius 3 is 2.56 bits per heavy atom. The summed E-state index contributed by atoms with van der Waals surface area (Å²) in [6.07, 6.45) is 5.18. The third-order valence-electron chi connectivity index (χ3n) is 3.27. The van der Waals surface area contributed by atoms with Gasteiger partial charge < -0.3 is 4.74 Å². The minimum Gasteiger partial charge on any atom is -0.487 e. The van der Waals surface area contributed by atoms with Crippen LogP contribution in [0.4, 0.5) is 4.39 Å². The van der Waals surface area contributed by atoms with Crippen LogP contribution >= 0.6 is 0 Å². The Morgan fingerprint density at radius 2 is 1.94 bits per heavy atom. The molecule has 0 spiro atoms. The van der Waals surface area contributed by atoms with E-state index in [1.807, 2.05) is 0 Å². The summed E-state index contributed by atoms with van der Waals surface area (Å²) >= 11 is 0. The summed E-state index contributed by atoms with van der Waals surface area (Å²) in [5, 5.41) is 0. The molecule has 0 bridgehead atoms. The first-order valence-corrected chi connectivity index (χ1v) is 6.16. The molecule has 0 aliphatic carbocycles. The molecule has 0 fully saturated rings. The summed E-state index contributed by atoms with van der Waals surface area (Å²) in [5.74, 6) is 0.717. The fraction of sp³-hybridized carbons (Fsp3) is 0.571. The van der Waals surface area contributed by atoms with E-state index in [9.17, 15) is 4.39 Å².